The van der Waals surface area contributed by atoms with Crippen molar-refractivity contribution >= 4 is 33.4 Å². The monoisotopic (exact) mass is 701 g/mol. The zero-order valence-electron chi connectivity index (χ0n) is 22.0. The molecule has 0 unspecified atom stereocenters. The molecular formula is C35H26N2O2Pt. The molecule has 0 aliphatic heterocycles. The number of hydrogen-bond acceptors (Lipinski definition) is 4. The first kappa shape index (κ1) is 26.0. The van der Waals surface area contributed by atoms with Gasteiger partial charge >= 0.3 is 0 Å². The van der Waals surface area contributed by atoms with E-state index in [4.69, 9.17) is 9.98 Å². The summed E-state index contributed by atoms with van der Waals surface area (Å²) < 4.78 is 0. The topological polar surface area (TPSA) is 65.7 Å². The van der Waals surface area contributed by atoms with E-state index in [0.717, 1.165) is 32.8 Å². The molecule has 0 spiro atoms. The van der Waals surface area contributed by atoms with Crippen LogP contribution in [0.15, 0.2) is 108 Å². The molecule has 6 aromatic rings. The Morgan fingerprint density at radius 3 is 2.30 bits per heavy atom. The molecule has 1 aliphatic carbocycles. The number of aromatic hydroxyl groups is 2. The van der Waals surface area contributed by atoms with Gasteiger partial charge in [-0.15, -0.1) is 0 Å². The number of aliphatic imine (C=N–C) groups is 1. The predicted octanol–water partition coefficient (Wildman–Crippen LogP) is 8.52. The minimum Gasteiger partial charge on any atom is -0.507 e. The van der Waals surface area contributed by atoms with Crippen molar-refractivity contribution in [1.29, 1.82) is 0 Å². The van der Waals surface area contributed by atoms with Gasteiger partial charge in [0.1, 0.15) is 11.5 Å². The number of aromatic nitrogens is 1. The van der Waals surface area contributed by atoms with Crippen molar-refractivity contribution in [1.82, 2.24) is 4.98 Å². The fourth-order valence-electron chi connectivity index (χ4n) is 5.98. The van der Waals surface area contributed by atoms with Gasteiger partial charge in [0.25, 0.3) is 0 Å². The molecule has 5 aromatic carbocycles. The van der Waals surface area contributed by atoms with Crippen LogP contribution in [0, 0.1) is 0 Å². The summed E-state index contributed by atoms with van der Waals surface area (Å²) in [5.41, 5.74) is 6.80. The number of pyridine rings is 1. The van der Waals surface area contributed by atoms with E-state index >= 15 is 0 Å². The van der Waals surface area contributed by atoms with Crippen LogP contribution < -0.4 is 0 Å². The molecule has 40 heavy (non-hydrogen) atoms. The fraction of sp³-hybridized carbons (Fsp3) is 0.0857. The number of rotatable bonds is 3. The molecule has 0 saturated carbocycles. The molecule has 1 aliphatic rings. The van der Waals surface area contributed by atoms with Gasteiger partial charge in [-0.25, -0.2) is 4.98 Å². The van der Waals surface area contributed by atoms with Crippen LogP contribution in [0.4, 0.5) is 5.69 Å². The number of phenols is 2. The first-order valence-electron chi connectivity index (χ1n) is 13.0. The van der Waals surface area contributed by atoms with Gasteiger partial charge in [0.15, 0.2) is 0 Å². The summed E-state index contributed by atoms with van der Waals surface area (Å²) in [5.74, 6) is 0.438. The van der Waals surface area contributed by atoms with Gasteiger partial charge in [0.05, 0.1) is 23.3 Å². The maximum absolute atomic E-state index is 11.7. The molecule has 0 radical (unpaired) electrons. The summed E-state index contributed by atoms with van der Waals surface area (Å²) in [4.78, 5) is 9.76. The molecule has 0 saturated heterocycles. The van der Waals surface area contributed by atoms with Gasteiger partial charge in [0, 0.05) is 48.4 Å². The normalized spacial score (nSPS) is 13.3. The zero-order valence-corrected chi connectivity index (χ0v) is 24.3. The Labute approximate surface area is 247 Å². The van der Waals surface area contributed by atoms with Crippen LogP contribution in [0.25, 0.3) is 43.9 Å². The van der Waals surface area contributed by atoms with Crippen LogP contribution in [-0.4, -0.2) is 21.4 Å². The average molecular weight is 702 g/mol. The van der Waals surface area contributed by atoms with Crippen molar-refractivity contribution in [2.24, 2.45) is 4.99 Å². The number of hydrogen-bond donors (Lipinski definition) is 2. The SMILES string of the molecule is CC1(C)c2ccccc2-c2c1ccc(-c1cc3ccccc3c(C=Nc3cccc4cccc(O)c34)n1)c2O.[Pt]. The van der Waals surface area contributed by atoms with Crippen LogP contribution in [0.2, 0.25) is 0 Å². The second-order valence-corrected chi connectivity index (χ2v) is 10.6. The number of nitrogens with zero attached hydrogens (tertiary/aromatic N) is 2. The van der Waals surface area contributed by atoms with Crippen LogP contribution in [0.5, 0.6) is 11.5 Å². The third-order valence-corrected chi connectivity index (χ3v) is 7.95. The van der Waals surface area contributed by atoms with E-state index in [9.17, 15) is 10.2 Å². The van der Waals surface area contributed by atoms with E-state index in [1.54, 1.807) is 12.3 Å². The number of benzene rings is 5. The summed E-state index contributed by atoms with van der Waals surface area (Å²) in [6, 6.07) is 33.7. The van der Waals surface area contributed by atoms with Crippen molar-refractivity contribution in [3.05, 3.63) is 120 Å². The Balaban J connectivity index is 0.00000289. The number of fused-ring (bicyclic) bond motifs is 5. The average Bonchev–Trinajstić information content (AvgIpc) is 3.19. The van der Waals surface area contributed by atoms with E-state index in [1.807, 2.05) is 72.8 Å². The third kappa shape index (κ3) is 3.94. The summed E-state index contributed by atoms with van der Waals surface area (Å²) in [5, 5.41) is 25.8. The standard InChI is InChI=1S/C35H26N2O2.Pt/c1-35(2)26-14-6-5-13-24(26)33-27(35)18-17-25(34(33)39)29-19-22-9-3-4-12-23(22)30(37-29)20-36-28-15-7-10-21-11-8-16-31(38)32(21)28;/h3-20,38-39H,1-2H3;. The van der Waals surface area contributed by atoms with E-state index in [2.05, 4.69) is 38.1 Å². The minimum absolute atomic E-state index is 0. The molecule has 0 atom stereocenters. The largest absolute Gasteiger partial charge is 0.507 e. The second-order valence-electron chi connectivity index (χ2n) is 10.6. The fourth-order valence-corrected chi connectivity index (χ4v) is 5.98. The van der Waals surface area contributed by atoms with E-state index in [0.29, 0.717) is 28.0 Å². The van der Waals surface area contributed by atoms with Crippen LogP contribution in [0.3, 0.4) is 0 Å². The van der Waals surface area contributed by atoms with Gasteiger partial charge in [-0.05, 0) is 51.7 Å². The smallest absolute Gasteiger partial charge is 0.133 e. The molecule has 4 nitrogen and oxygen atoms in total. The summed E-state index contributed by atoms with van der Waals surface area (Å²) in [6.45, 7) is 4.40. The van der Waals surface area contributed by atoms with E-state index in [1.165, 1.54) is 5.56 Å². The molecule has 7 rings (SSSR count). The maximum atomic E-state index is 11.7. The number of phenolic OH excluding ortho intramolecular Hbond substituents is 2. The summed E-state index contributed by atoms with van der Waals surface area (Å²) >= 11 is 0. The van der Waals surface area contributed by atoms with Gasteiger partial charge in [-0.2, -0.15) is 0 Å². The summed E-state index contributed by atoms with van der Waals surface area (Å²) in [6.07, 6.45) is 1.75. The molecule has 5 heteroatoms. The van der Waals surface area contributed by atoms with Crippen molar-refractivity contribution < 1.29 is 31.3 Å². The molecule has 2 N–H and O–H groups in total. The Morgan fingerprint density at radius 2 is 1.45 bits per heavy atom. The summed E-state index contributed by atoms with van der Waals surface area (Å²) in [7, 11) is 0. The molecule has 1 heterocycles. The maximum Gasteiger partial charge on any atom is 0.133 e. The van der Waals surface area contributed by atoms with E-state index in [-0.39, 0.29) is 38.0 Å². The van der Waals surface area contributed by atoms with Crippen LogP contribution in [0.1, 0.15) is 30.7 Å². The quantitative estimate of drug-likeness (QED) is 0.182. The zero-order chi connectivity index (χ0) is 26.7. The minimum atomic E-state index is -0.194. The van der Waals surface area contributed by atoms with Crippen molar-refractivity contribution in [3.8, 4) is 33.9 Å². The third-order valence-electron chi connectivity index (χ3n) is 7.95. The molecule has 198 valence electrons. The van der Waals surface area contributed by atoms with Crippen molar-refractivity contribution in [2.45, 2.75) is 19.3 Å². The van der Waals surface area contributed by atoms with E-state index < -0.39 is 0 Å². The molecule has 0 bridgehead atoms. The van der Waals surface area contributed by atoms with Crippen LogP contribution in [-0.2, 0) is 26.5 Å². The van der Waals surface area contributed by atoms with Crippen molar-refractivity contribution in [3.63, 3.8) is 0 Å². The van der Waals surface area contributed by atoms with Crippen molar-refractivity contribution in [2.75, 3.05) is 0 Å². The first-order chi connectivity index (χ1) is 18.9. The van der Waals surface area contributed by atoms with Gasteiger partial charge < -0.3 is 10.2 Å². The van der Waals surface area contributed by atoms with Gasteiger partial charge in [-0.3, -0.25) is 4.99 Å². The molecule has 0 amide bonds. The Bertz CT molecular complexity index is 1970. The van der Waals surface area contributed by atoms with Gasteiger partial charge in [0.2, 0.25) is 0 Å². The second kappa shape index (κ2) is 9.73. The predicted molar refractivity (Wildman–Crippen MR) is 159 cm³/mol. The molecular weight excluding hydrogens is 675 g/mol. The molecule has 1 aromatic heterocycles. The molecule has 0 fully saturated rings. The Hall–Kier alpha value is -4.27. The van der Waals surface area contributed by atoms with Gasteiger partial charge in [-0.1, -0.05) is 92.7 Å². The van der Waals surface area contributed by atoms with Crippen LogP contribution >= 0.6 is 0 Å². The Morgan fingerprint density at radius 1 is 0.725 bits per heavy atom. The Kier molecular flexibility index (Phi) is 6.32. The first-order valence-corrected chi connectivity index (χ1v) is 13.0.